The Balaban J connectivity index is 1.56. The van der Waals surface area contributed by atoms with Crippen molar-refractivity contribution in [2.45, 2.75) is 33.2 Å². The molecule has 2 N–H and O–H groups in total. The number of anilines is 1. The number of hydrogen-bond donors (Lipinski definition) is 2. The smallest absolute Gasteiger partial charge is 0.272 e. The van der Waals surface area contributed by atoms with Gasteiger partial charge in [0.05, 0.1) is 0 Å². The molecule has 5 heteroatoms. The van der Waals surface area contributed by atoms with Crippen LogP contribution in [-0.2, 0) is 6.54 Å². The van der Waals surface area contributed by atoms with Gasteiger partial charge >= 0.3 is 0 Å². The molecule has 3 rings (SSSR count). The number of nitrogens with zero attached hydrogens (tertiary/aromatic N) is 1. The quantitative estimate of drug-likeness (QED) is 0.816. The molecule has 0 saturated carbocycles. The molecule has 0 spiro atoms. The fraction of sp³-hybridized carbons (Fsp3) is 0.400. The van der Waals surface area contributed by atoms with E-state index in [1.54, 1.807) is 12.3 Å². The number of carbonyl (C=O) groups excluding carboxylic acids is 2. The van der Waals surface area contributed by atoms with Gasteiger partial charge in [-0.05, 0) is 62.5 Å². The first-order chi connectivity index (χ1) is 12.0. The highest BCUT2D eigenvalue weighted by atomic mass is 16.2. The lowest BCUT2D eigenvalue weighted by Gasteiger charge is -2.30. The van der Waals surface area contributed by atoms with E-state index in [1.165, 1.54) is 25.3 Å². The molecule has 0 radical (unpaired) electrons. The Hall–Kier alpha value is -2.40. The van der Waals surface area contributed by atoms with E-state index < -0.39 is 0 Å². The molecular weight excluding hydrogens is 314 g/mol. The lowest BCUT2D eigenvalue weighted by molar-refractivity contribution is 0.101. The second-order valence-corrected chi connectivity index (χ2v) is 6.97. The highest BCUT2D eigenvalue weighted by molar-refractivity contribution is 6.05. The van der Waals surface area contributed by atoms with E-state index in [-0.39, 0.29) is 11.7 Å². The second kappa shape index (κ2) is 7.66. The number of rotatable bonds is 5. The van der Waals surface area contributed by atoms with Crippen LogP contribution in [0, 0.1) is 5.92 Å². The summed E-state index contributed by atoms with van der Waals surface area (Å²) in [4.78, 5) is 28.8. The molecule has 1 aliphatic heterocycles. The number of aromatic nitrogens is 1. The van der Waals surface area contributed by atoms with Crippen molar-refractivity contribution in [3.63, 3.8) is 0 Å². The zero-order chi connectivity index (χ0) is 17.8. The first kappa shape index (κ1) is 17.4. The molecule has 25 heavy (non-hydrogen) atoms. The lowest BCUT2D eigenvalue weighted by Crippen LogP contribution is -2.32. The van der Waals surface area contributed by atoms with Gasteiger partial charge in [0.25, 0.3) is 5.91 Å². The average Bonchev–Trinajstić information content (AvgIpc) is 3.09. The number of aromatic amines is 1. The van der Waals surface area contributed by atoms with Crippen molar-refractivity contribution in [3.05, 3.63) is 53.3 Å². The van der Waals surface area contributed by atoms with Crippen LogP contribution in [0.1, 0.15) is 53.1 Å². The van der Waals surface area contributed by atoms with Gasteiger partial charge in [-0.15, -0.1) is 0 Å². The first-order valence-corrected chi connectivity index (χ1v) is 8.83. The summed E-state index contributed by atoms with van der Waals surface area (Å²) in [6.45, 7) is 7.07. The van der Waals surface area contributed by atoms with Crippen LogP contribution < -0.4 is 5.32 Å². The number of Topliss-reactive ketones (excluding diaryl/α,β-unsaturated/α-hetero) is 1. The van der Waals surface area contributed by atoms with Crippen molar-refractivity contribution >= 4 is 17.4 Å². The standard InChI is InChI=1S/C20H25N3O2/c1-14-7-9-23(10-8-14)13-16-3-5-18(6-4-16)22-20(25)19-11-17(12-21-19)15(2)24/h3-6,11-12,14,21H,7-10,13H2,1-2H3,(H,22,25). The Kier molecular flexibility index (Phi) is 5.34. The minimum absolute atomic E-state index is 0.0632. The van der Waals surface area contributed by atoms with Gasteiger partial charge in [-0.3, -0.25) is 14.5 Å². The predicted molar refractivity (Wildman–Crippen MR) is 98.9 cm³/mol. The normalized spacial score (nSPS) is 15.9. The molecule has 1 fully saturated rings. The Morgan fingerprint density at radius 1 is 1.20 bits per heavy atom. The summed E-state index contributed by atoms with van der Waals surface area (Å²) < 4.78 is 0. The lowest BCUT2D eigenvalue weighted by atomic mass is 9.99. The molecule has 1 aromatic carbocycles. The second-order valence-electron chi connectivity index (χ2n) is 6.97. The molecular formula is C20H25N3O2. The van der Waals surface area contributed by atoms with Crippen LogP contribution in [0.2, 0.25) is 0 Å². The van der Waals surface area contributed by atoms with Gasteiger partial charge < -0.3 is 10.3 Å². The number of amides is 1. The number of hydrogen-bond acceptors (Lipinski definition) is 3. The molecule has 1 aliphatic rings. The van der Waals surface area contributed by atoms with Gasteiger partial charge in [-0.25, -0.2) is 0 Å². The number of piperidine rings is 1. The van der Waals surface area contributed by atoms with Crippen LogP contribution in [0.15, 0.2) is 36.5 Å². The summed E-state index contributed by atoms with van der Waals surface area (Å²) in [6.07, 6.45) is 4.10. The summed E-state index contributed by atoms with van der Waals surface area (Å²) in [5.41, 5.74) is 2.90. The van der Waals surface area contributed by atoms with Crippen LogP contribution in [-0.4, -0.2) is 34.7 Å². The SMILES string of the molecule is CC(=O)c1c[nH]c(C(=O)Nc2ccc(CN3CCC(C)CC3)cc2)c1. The number of nitrogens with one attached hydrogen (secondary N) is 2. The van der Waals surface area contributed by atoms with E-state index in [0.717, 1.165) is 31.2 Å². The maximum atomic E-state index is 12.2. The zero-order valence-corrected chi connectivity index (χ0v) is 14.8. The third-order valence-electron chi connectivity index (χ3n) is 4.83. The molecule has 2 aromatic rings. The van der Waals surface area contributed by atoms with Gasteiger partial charge in [0.1, 0.15) is 5.69 Å². The molecule has 0 aliphatic carbocycles. The van der Waals surface area contributed by atoms with Crippen molar-refractivity contribution in [1.82, 2.24) is 9.88 Å². The highest BCUT2D eigenvalue weighted by Crippen LogP contribution is 2.19. The molecule has 1 saturated heterocycles. The van der Waals surface area contributed by atoms with E-state index in [4.69, 9.17) is 0 Å². The van der Waals surface area contributed by atoms with Gasteiger partial charge in [0, 0.05) is 24.0 Å². The van der Waals surface area contributed by atoms with Gasteiger partial charge in [0.15, 0.2) is 5.78 Å². The summed E-state index contributed by atoms with van der Waals surface area (Å²) in [5.74, 6) is 0.530. The van der Waals surface area contributed by atoms with E-state index in [1.807, 2.05) is 12.1 Å². The summed E-state index contributed by atoms with van der Waals surface area (Å²) in [5, 5.41) is 2.85. The van der Waals surface area contributed by atoms with Crippen LogP contribution in [0.4, 0.5) is 5.69 Å². The number of ketones is 1. The van der Waals surface area contributed by atoms with E-state index >= 15 is 0 Å². The molecule has 1 amide bonds. The fourth-order valence-electron chi connectivity index (χ4n) is 3.10. The number of likely N-dealkylation sites (tertiary alicyclic amines) is 1. The maximum absolute atomic E-state index is 12.2. The number of carbonyl (C=O) groups is 2. The Labute approximate surface area is 148 Å². The molecule has 0 atom stereocenters. The largest absolute Gasteiger partial charge is 0.356 e. The Bertz CT molecular complexity index is 741. The predicted octanol–water partition coefficient (Wildman–Crippen LogP) is 3.70. The summed E-state index contributed by atoms with van der Waals surface area (Å²) in [7, 11) is 0. The molecule has 5 nitrogen and oxygen atoms in total. The van der Waals surface area contributed by atoms with Crippen LogP contribution in [0.3, 0.4) is 0 Å². The molecule has 0 bridgehead atoms. The fourth-order valence-corrected chi connectivity index (χ4v) is 3.10. The first-order valence-electron chi connectivity index (χ1n) is 8.83. The molecule has 132 valence electrons. The average molecular weight is 339 g/mol. The van der Waals surface area contributed by atoms with Gasteiger partial charge in [-0.2, -0.15) is 0 Å². The van der Waals surface area contributed by atoms with Crippen LogP contribution >= 0.6 is 0 Å². The molecule has 0 unspecified atom stereocenters. The van der Waals surface area contributed by atoms with E-state index in [9.17, 15) is 9.59 Å². The molecule has 1 aromatic heterocycles. The van der Waals surface area contributed by atoms with Crippen molar-refractivity contribution in [2.75, 3.05) is 18.4 Å². The topological polar surface area (TPSA) is 65.2 Å². The maximum Gasteiger partial charge on any atom is 0.272 e. The van der Waals surface area contributed by atoms with Crippen molar-refractivity contribution < 1.29 is 9.59 Å². The van der Waals surface area contributed by atoms with Gasteiger partial charge in [0.2, 0.25) is 0 Å². The third-order valence-corrected chi connectivity index (χ3v) is 4.83. The van der Waals surface area contributed by atoms with Crippen molar-refractivity contribution in [2.24, 2.45) is 5.92 Å². The van der Waals surface area contributed by atoms with Crippen molar-refractivity contribution in [3.8, 4) is 0 Å². The van der Waals surface area contributed by atoms with Crippen LogP contribution in [0.5, 0.6) is 0 Å². The van der Waals surface area contributed by atoms with E-state index in [2.05, 4.69) is 34.3 Å². The number of benzene rings is 1. The summed E-state index contributed by atoms with van der Waals surface area (Å²) >= 11 is 0. The Morgan fingerprint density at radius 3 is 2.48 bits per heavy atom. The zero-order valence-electron chi connectivity index (χ0n) is 14.8. The van der Waals surface area contributed by atoms with Crippen molar-refractivity contribution in [1.29, 1.82) is 0 Å². The third kappa shape index (κ3) is 4.57. The van der Waals surface area contributed by atoms with Crippen LogP contribution in [0.25, 0.3) is 0 Å². The minimum atomic E-state index is -0.245. The molecule has 2 heterocycles. The van der Waals surface area contributed by atoms with Gasteiger partial charge in [-0.1, -0.05) is 19.1 Å². The monoisotopic (exact) mass is 339 g/mol. The highest BCUT2D eigenvalue weighted by Gasteiger charge is 2.16. The number of H-pyrrole nitrogens is 1. The Morgan fingerprint density at radius 2 is 1.88 bits per heavy atom. The van der Waals surface area contributed by atoms with E-state index in [0.29, 0.717) is 11.3 Å². The summed E-state index contributed by atoms with van der Waals surface area (Å²) in [6, 6.07) is 9.54. The minimum Gasteiger partial charge on any atom is -0.356 e.